The summed E-state index contributed by atoms with van der Waals surface area (Å²) in [5.41, 5.74) is 0.937. The van der Waals surface area contributed by atoms with Crippen LogP contribution in [0.4, 0.5) is 10.1 Å². The summed E-state index contributed by atoms with van der Waals surface area (Å²) in [6, 6.07) is 3.93. The van der Waals surface area contributed by atoms with Gasteiger partial charge in [-0.3, -0.25) is 9.48 Å². The maximum absolute atomic E-state index is 13.7. The largest absolute Gasteiger partial charge is 0.322 e. The number of halogens is 3. The number of hydrogen-bond donors (Lipinski definition) is 1. The van der Waals surface area contributed by atoms with Crippen molar-refractivity contribution in [1.82, 2.24) is 9.78 Å². The van der Waals surface area contributed by atoms with Gasteiger partial charge in [0.15, 0.2) is 0 Å². The smallest absolute Gasteiger partial charge is 0.249 e. The number of aromatic nitrogens is 2. The van der Waals surface area contributed by atoms with Gasteiger partial charge in [0.25, 0.3) is 0 Å². The Labute approximate surface area is 132 Å². The van der Waals surface area contributed by atoms with Crippen molar-refractivity contribution in [3.8, 4) is 0 Å². The lowest BCUT2D eigenvalue weighted by atomic mass is 10.2. The number of carbonyl (C=O) groups is 1. The lowest BCUT2D eigenvalue weighted by Crippen LogP contribution is -2.24. The maximum Gasteiger partial charge on any atom is 0.249 e. The third-order valence-electron chi connectivity index (χ3n) is 2.82. The monoisotopic (exact) mass is 403 g/mol. The zero-order valence-corrected chi connectivity index (χ0v) is 14.0. The summed E-state index contributed by atoms with van der Waals surface area (Å²) >= 11 is 6.51. The molecule has 1 unspecified atom stereocenters. The zero-order valence-electron chi connectivity index (χ0n) is 10.8. The van der Waals surface area contributed by atoms with Crippen LogP contribution in [-0.4, -0.2) is 15.7 Å². The summed E-state index contributed by atoms with van der Waals surface area (Å²) in [7, 11) is 0. The second kappa shape index (κ2) is 6.05. The highest BCUT2D eigenvalue weighted by atomic mass is 79.9. The Bertz CT molecular complexity index is 638. The first-order chi connectivity index (χ1) is 9.38. The van der Waals surface area contributed by atoms with Crippen molar-refractivity contribution in [2.45, 2.75) is 19.9 Å². The number of benzene rings is 1. The number of rotatable bonds is 3. The van der Waals surface area contributed by atoms with Crippen molar-refractivity contribution in [3.63, 3.8) is 0 Å². The summed E-state index contributed by atoms with van der Waals surface area (Å²) in [6.07, 6.45) is 1.72. The van der Waals surface area contributed by atoms with Crippen molar-refractivity contribution in [2.24, 2.45) is 0 Å². The van der Waals surface area contributed by atoms with Gasteiger partial charge in [-0.25, -0.2) is 4.39 Å². The molecule has 0 aliphatic heterocycles. The van der Waals surface area contributed by atoms with Gasteiger partial charge in [0.2, 0.25) is 5.91 Å². The van der Waals surface area contributed by atoms with E-state index in [1.807, 2.05) is 6.92 Å². The summed E-state index contributed by atoms with van der Waals surface area (Å²) < 4.78 is 16.6. The van der Waals surface area contributed by atoms with Gasteiger partial charge in [-0.05, 0) is 48.0 Å². The minimum absolute atomic E-state index is 0.146. The second-order valence-corrected chi connectivity index (χ2v) is 6.10. The SMILES string of the molecule is Cc1nn(C(C)C(=O)Nc2ccc(Br)cc2F)cc1Br. The quantitative estimate of drug-likeness (QED) is 0.838. The molecule has 2 aromatic rings. The third-order valence-corrected chi connectivity index (χ3v) is 4.09. The van der Waals surface area contributed by atoms with E-state index in [-0.39, 0.29) is 11.6 Å². The van der Waals surface area contributed by atoms with Gasteiger partial charge in [0.05, 0.1) is 15.9 Å². The Hall–Kier alpha value is -1.21. The predicted molar refractivity (Wildman–Crippen MR) is 82.1 cm³/mol. The first kappa shape index (κ1) is 15.2. The van der Waals surface area contributed by atoms with Crippen molar-refractivity contribution in [2.75, 3.05) is 5.32 Å². The van der Waals surface area contributed by atoms with Gasteiger partial charge >= 0.3 is 0 Å². The fraction of sp³-hybridized carbons (Fsp3) is 0.231. The Balaban J connectivity index is 2.15. The van der Waals surface area contributed by atoms with Crippen LogP contribution in [0.2, 0.25) is 0 Å². The number of nitrogens with zero attached hydrogens (tertiary/aromatic N) is 2. The fourth-order valence-corrected chi connectivity index (χ4v) is 2.23. The average Bonchev–Trinajstić information content (AvgIpc) is 2.72. The lowest BCUT2D eigenvalue weighted by molar-refractivity contribution is -0.119. The normalized spacial score (nSPS) is 12.2. The Kier molecular flexibility index (Phi) is 4.59. The van der Waals surface area contributed by atoms with Crippen molar-refractivity contribution >= 4 is 43.5 Å². The van der Waals surface area contributed by atoms with Gasteiger partial charge in [0.1, 0.15) is 11.9 Å². The van der Waals surface area contributed by atoms with Crippen molar-refractivity contribution in [1.29, 1.82) is 0 Å². The van der Waals surface area contributed by atoms with E-state index >= 15 is 0 Å². The van der Waals surface area contributed by atoms with Crippen LogP contribution in [0.3, 0.4) is 0 Å². The van der Waals surface area contributed by atoms with Crippen molar-refractivity contribution < 1.29 is 9.18 Å². The van der Waals surface area contributed by atoms with Crippen LogP contribution < -0.4 is 5.32 Å². The molecule has 0 fully saturated rings. The number of nitrogens with one attached hydrogen (secondary N) is 1. The summed E-state index contributed by atoms with van der Waals surface area (Å²) in [4.78, 5) is 12.1. The molecule has 0 saturated carbocycles. The fourth-order valence-electron chi connectivity index (χ4n) is 1.61. The van der Waals surface area contributed by atoms with Crippen LogP contribution in [-0.2, 0) is 4.79 Å². The number of anilines is 1. The molecule has 0 saturated heterocycles. The van der Waals surface area contributed by atoms with Crippen LogP contribution in [0.15, 0.2) is 33.3 Å². The van der Waals surface area contributed by atoms with E-state index in [9.17, 15) is 9.18 Å². The predicted octanol–water partition coefficient (Wildman–Crippen LogP) is 4.06. The number of hydrogen-bond acceptors (Lipinski definition) is 2. The van der Waals surface area contributed by atoms with Crippen LogP contribution in [0.5, 0.6) is 0 Å². The van der Waals surface area contributed by atoms with Gasteiger partial charge in [-0.15, -0.1) is 0 Å². The average molecular weight is 405 g/mol. The van der Waals surface area contributed by atoms with Gasteiger partial charge < -0.3 is 5.32 Å². The first-order valence-corrected chi connectivity index (χ1v) is 7.44. The standard InChI is InChI=1S/C13H12Br2FN3O/c1-7-10(15)6-19(18-7)8(2)13(20)17-12-4-3-9(14)5-11(12)16/h3-6,8H,1-2H3,(H,17,20). The molecule has 1 aromatic heterocycles. The molecule has 20 heavy (non-hydrogen) atoms. The van der Waals surface area contributed by atoms with E-state index in [2.05, 4.69) is 42.3 Å². The molecular formula is C13H12Br2FN3O. The molecule has 1 atom stereocenters. The molecule has 1 aromatic carbocycles. The minimum Gasteiger partial charge on any atom is -0.322 e. The zero-order chi connectivity index (χ0) is 14.9. The number of amides is 1. The van der Waals surface area contributed by atoms with E-state index in [4.69, 9.17) is 0 Å². The van der Waals surface area contributed by atoms with E-state index in [1.54, 1.807) is 19.2 Å². The van der Waals surface area contributed by atoms with E-state index in [0.717, 1.165) is 10.2 Å². The van der Waals surface area contributed by atoms with E-state index < -0.39 is 11.9 Å². The maximum atomic E-state index is 13.7. The van der Waals surface area contributed by atoms with Crippen LogP contribution in [0, 0.1) is 12.7 Å². The molecule has 7 heteroatoms. The molecule has 4 nitrogen and oxygen atoms in total. The third kappa shape index (κ3) is 3.27. The van der Waals surface area contributed by atoms with Gasteiger partial charge in [-0.1, -0.05) is 15.9 Å². The van der Waals surface area contributed by atoms with Crippen LogP contribution in [0.1, 0.15) is 18.7 Å². The Morgan fingerprint density at radius 3 is 2.70 bits per heavy atom. The van der Waals surface area contributed by atoms with Gasteiger partial charge in [0, 0.05) is 10.7 Å². The second-order valence-electron chi connectivity index (χ2n) is 4.33. The summed E-state index contributed by atoms with van der Waals surface area (Å²) in [5, 5.41) is 6.77. The number of carbonyl (C=O) groups excluding carboxylic acids is 1. The number of aryl methyl sites for hydroxylation is 1. The van der Waals surface area contributed by atoms with Crippen LogP contribution in [0.25, 0.3) is 0 Å². The Morgan fingerprint density at radius 2 is 2.15 bits per heavy atom. The first-order valence-electron chi connectivity index (χ1n) is 5.85. The highest BCUT2D eigenvalue weighted by molar-refractivity contribution is 9.10. The topological polar surface area (TPSA) is 46.9 Å². The molecule has 2 rings (SSSR count). The molecule has 1 amide bonds. The molecule has 1 heterocycles. The van der Waals surface area contributed by atoms with E-state index in [0.29, 0.717) is 4.47 Å². The minimum atomic E-state index is -0.539. The highest BCUT2D eigenvalue weighted by Crippen LogP contribution is 2.21. The van der Waals surface area contributed by atoms with E-state index in [1.165, 1.54) is 16.8 Å². The molecule has 0 spiro atoms. The molecule has 0 aliphatic carbocycles. The molecule has 0 aliphatic rings. The molecule has 106 valence electrons. The van der Waals surface area contributed by atoms with Gasteiger partial charge in [-0.2, -0.15) is 5.10 Å². The molecule has 0 radical (unpaired) electrons. The lowest BCUT2D eigenvalue weighted by Gasteiger charge is -2.13. The van der Waals surface area contributed by atoms with Crippen LogP contribution >= 0.6 is 31.9 Å². The highest BCUT2D eigenvalue weighted by Gasteiger charge is 2.18. The summed E-state index contributed by atoms with van der Waals surface area (Å²) in [5.74, 6) is -0.820. The molecule has 1 N–H and O–H groups in total. The summed E-state index contributed by atoms with van der Waals surface area (Å²) in [6.45, 7) is 3.53. The Morgan fingerprint density at radius 1 is 1.45 bits per heavy atom. The molecule has 0 bridgehead atoms. The van der Waals surface area contributed by atoms with Crippen molar-refractivity contribution in [3.05, 3.63) is 44.9 Å². The molecular weight excluding hydrogens is 393 g/mol.